The van der Waals surface area contributed by atoms with Gasteiger partial charge in [-0.1, -0.05) is 0 Å². The molecule has 142 valence electrons. The van der Waals surface area contributed by atoms with Crippen molar-refractivity contribution in [3.05, 3.63) is 16.6 Å². The molecule has 3 aliphatic rings. The van der Waals surface area contributed by atoms with Crippen molar-refractivity contribution in [3.8, 4) is 0 Å². The molecule has 0 bridgehead atoms. The molecule has 1 spiro atoms. The number of piperidine rings is 1. The maximum atomic E-state index is 12.4. The zero-order valence-electron chi connectivity index (χ0n) is 15.3. The van der Waals surface area contributed by atoms with Crippen LogP contribution in [0.1, 0.15) is 24.3 Å². The largest absolute Gasteiger partial charge is 0.353 e. The van der Waals surface area contributed by atoms with Crippen LogP contribution in [0.2, 0.25) is 0 Å². The van der Waals surface area contributed by atoms with Crippen LogP contribution in [0.25, 0.3) is 0 Å². The highest BCUT2D eigenvalue weighted by molar-refractivity contribution is 7.09. The molecule has 26 heavy (non-hydrogen) atoms. The van der Waals surface area contributed by atoms with E-state index >= 15 is 0 Å². The molecule has 0 radical (unpaired) electrons. The minimum absolute atomic E-state index is 0.0497. The minimum atomic E-state index is -0.0497. The molecule has 2 saturated heterocycles. The quantitative estimate of drug-likeness (QED) is 0.804. The van der Waals surface area contributed by atoms with E-state index in [9.17, 15) is 9.59 Å². The average molecular weight is 378 g/mol. The Kier molecular flexibility index (Phi) is 4.98. The molecular formula is C18H27N5O2S. The molecular weight excluding hydrogens is 350 g/mol. The van der Waals surface area contributed by atoms with Crippen LogP contribution in [-0.4, -0.2) is 83.9 Å². The van der Waals surface area contributed by atoms with E-state index in [1.54, 1.807) is 16.2 Å². The van der Waals surface area contributed by atoms with Crippen LogP contribution in [0.4, 0.5) is 0 Å². The maximum Gasteiger partial charge on any atom is 0.239 e. The molecule has 0 aromatic carbocycles. The summed E-state index contributed by atoms with van der Waals surface area (Å²) < 4.78 is 0. The van der Waals surface area contributed by atoms with E-state index < -0.39 is 0 Å². The smallest absolute Gasteiger partial charge is 0.239 e. The summed E-state index contributed by atoms with van der Waals surface area (Å²) >= 11 is 1.72. The summed E-state index contributed by atoms with van der Waals surface area (Å²) in [4.78, 5) is 34.7. The van der Waals surface area contributed by atoms with E-state index in [-0.39, 0.29) is 18.4 Å². The molecule has 1 unspecified atom stereocenters. The molecule has 3 heterocycles. The molecule has 1 N–H and O–H groups in total. The van der Waals surface area contributed by atoms with Gasteiger partial charge in [-0.05, 0) is 44.8 Å². The second-order valence-corrected chi connectivity index (χ2v) is 8.84. The normalized spacial score (nSPS) is 25.5. The van der Waals surface area contributed by atoms with Crippen LogP contribution < -0.4 is 5.32 Å². The van der Waals surface area contributed by atoms with Gasteiger partial charge in [0.2, 0.25) is 11.8 Å². The summed E-state index contributed by atoms with van der Waals surface area (Å²) in [5, 5.41) is 5.98. The second kappa shape index (κ2) is 7.25. The average Bonchev–Trinajstić information content (AvgIpc) is 3.08. The fourth-order valence-electron chi connectivity index (χ4n) is 4.44. The molecule has 1 aliphatic carbocycles. The molecule has 1 aromatic heterocycles. The number of carbonyl (C=O) groups is 2. The Morgan fingerprint density at radius 2 is 2.23 bits per heavy atom. The monoisotopic (exact) mass is 377 g/mol. The third-order valence-electron chi connectivity index (χ3n) is 6.15. The van der Waals surface area contributed by atoms with Gasteiger partial charge in [0.15, 0.2) is 0 Å². The van der Waals surface area contributed by atoms with Crippen molar-refractivity contribution in [1.82, 2.24) is 25.0 Å². The number of piperazine rings is 1. The Morgan fingerprint density at radius 3 is 2.92 bits per heavy atom. The third-order valence-corrected chi connectivity index (χ3v) is 6.91. The number of aromatic nitrogens is 1. The van der Waals surface area contributed by atoms with Gasteiger partial charge in [-0.15, -0.1) is 11.3 Å². The van der Waals surface area contributed by atoms with Crippen molar-refractivity contribution in [3.63, 3.8) is 0 Å². The zero-order valence-corrected chi connectivity index (χ0v) is 16.1. The number of amides is 2. The first kappa shape index (κ1) is 17.9. The first-order valence-electron chi connectivity index (χ1n) is 9.41. The summed E-state index contributed by atoms with van der Waals surface area (Å²) in [5.74, 6) is 0.0373. The van der Waals surface area contributed by atoms with Crippen molar-refractivity contribution in [2.75, 3.05) is 46.3 Å². The third kappa shape index (κ3) is 3.77. The Balaban J connectivity index is 1.23. The lowest BCUT2D eigenvalue weighted by Gasteiger charge is -2.35. The Morgan fingerprint density at radius 1 is 1.42 bits per heavy atom. The van der Waals surface area contributed by atoms with Gasteiger partial charge in [0.05, 0.1) is 19.6 Å². The van der Waals surface area contributed by atoms with Gasteiger partial charge in [-0.2, -0.15) is 0 Å². The van der Waals surface area contributed by atoms with Crippen molar-refractivity contribution in [1.29, 1.82) is 0 Å². The van der Waals surface area contributed by atoms with Gasteiger partial charge in [-0.25, -0.2) is 4.98 Å². The van der Waals surface area contributed by atoms with Gasteiger partial charge in [-0.3, -0.25) is 19.4 Å². The fraction of sp³-hybridized carbons (Fsp3) is 0.722. The summed E-state index contributed by atoms with van der Waals surface area (Å²) in [6, 6.07) is 0.648. The number of carbonyl (C=O) groups excluding carboxylic acids is 2. The topological polar surface area (TPSA) is 68.8 Å². The summed E-state index contributed by atoms with van der Waals surface area (Å²) in [7, 11) is 2.21. The first-order valence-corrected chi connectivity index (χ1v) is 10.3. The van der Waals surface area contributed by atoms with E-state index in [0.717, 1.165) is 32.5 Å². The molecule has 4 rings (SSSR count). The molecule has 8 heteroatoms. The van der Waals surface area contributed by atoms with Crippen molar-refractivity contribution < 1.29 is 9.59 Å². The van der Waals surface area contributed by atoms with E-state index in [4.69, 9.17) is 0 Å². The minimum Gasteiger partial charge on any atom is -0.353 e. The van der Waals surface area contributed by atoms with Crippen molar-refractivity contribution in [2.24, 2.45) is 5.41 Å². The van der Waals surface area contributed by atoms with Gasteiger partial charge in [0.1, 0.15) is 5.01 Å². The number of hydrogen-bond acceptors (Lipinski definition) is 6. The standard InChI is InChI=1S/C18H27N5O2S/c1-21(12-16-20-5-9-26-16)14-10-18(14)2-6-22(7-3-18)13-17(25)23-8-4-19-15(24)11-23/h5,9,14H,2-4,6-8,10-13H2,1H3,(H,19,24). The van der Waals surface area contributed by atoms with Gasteiger partial charge in [0.25, 0.3) is 0 Å². The number of thiazole rings is 1. The Labute approximate surface area is 158 Å². The molecule has 3 fully saturated rings. The Bertz CT molecular complexity index is 657. The number of rotatable bonds is 5. The number of likely N-dealkylation sites (tertiary alicyclic amines) is 1. The molecule has 1 saturated carbocycles. The maximum absolute atomic E-state index is 12.4. The highest BCUT2D eigenvalue weighted by Crippen LogP contribution is 2.56. The number of nitrogens with zero attached hydrogens (tertiary/aromatic N) is 4. The highest BCUT2D eigenvalue weighted by atomic mass is 32.1. The molecule has 1 atom stereocenters. The zero-order chi connectivity index (χ0) is 18.1. The predicted molar refractivity (Wildman–Crippen MR) is 99.7 cm³/mol. The fourth-order valence-corrected chi connectivity index (χ4v) is 5.12. The van der Waals surface area contributed by atoms with Crippen molar-refractivity contribution in [2.45, 2.75) is 31.8 Å². The van der Waals surface area contributed by atoms with Crippen LogP contribution in [-0.2, 0) is 16.1 Å². The van der Waals surface area contributed by atoms with E-state index in [2.05, 4.69) is 27.1 Å². The predicted octanol–water partition coefficient (Wildman–Crippen LogP) is 0.388. The van der Waals surface area contributed by atoms with E-state index in [0.29, 0.717) is 31.1 Å². The molecule has 2 amide bonds. The van der Waals surface area contributed by atoms with Gasteiger partial charge >= 0.3 is 0 Å². The summed E-state index contributed by atoms with van der Waals surface area (Å²) in [6.45, 7) is 4.75. The van der Waals surface area contributed by atoms with Crippen LogP contribution in [0.5, 0.6) is 0 Å². The first-order chi connectivity index (χ1) is 12.6. The lowest BCUT2D eigenvalue weighted by atomic mass is 9.92. The lowest BCUT2D eigenvalue weighted by Crippen LogP contribution is -2.53. The number of hydrogen-bond donors (Lipinski definition) is 1. The van der Waals surface area contributed by atoms with Crippen LogP contribution in [0.15, 0.2) is 11.6 Å². The van der Waals surface area contributed by atoms with Crippen LogP contribution >= 0.6 is 11.3 Å². The Hall–Kier alpha value is -1.51. The molecule has 2 aliphatic heterocycles. The van der Waals surface area contributed by atoms with Gasteiger partial charge < -0.3 is 10.2 Å². The summed E-state index contributed by atoms with van der Waals surface area (Å²) in [6.07, 6.45) is 5.46. The highest BCUT2D eigenvalue weighted by Gasteiger charge is 2.56. The van der Waals surface area contributed by atoms with Gasteiger partial charge in [0, 0.05) is 30.7 Å². The SMILES string of the molecule is CN(Cc1nccs1)C1CC12CCN(CC(=O)N1CCNC(=O)C1)CC2. The second-order valence-electron chi connectivity index (χ2n) is 7.86. The lowest BCUT2D eigenvalue weighted by molar-refractivity contribution is -0.139. The number of nitrogens with one attached hydrogen (secondary N) is 1. The van der Waals surface area contributed by atoms with Crippen molar-refractivity contribution >= 4 is 23.2 Å². The van der Waals surface area contributed by atoms with Crippen LogP contribution in [0, 0.1) is 5.41 Å². The van der Waals surface area contributed by atoms with E-state index in [1.807, 2.05) is 11.6 Å². The molecule has 1 aromatic rings. The summed E-state index contributed by atoms with van der Waals surface area (Å²) in [5.41, 5.74) is 0.441. The van der Waals surface area contributed by atoms with Crippen LogP contribution in [0.3, 0.4) is 0 Å². The van der Waals surface area contributed by atoms with E-state index in [1.165, 1.54) is 11.4 Å². The molecule has 7 nitrogen and oxygen atoms in total.